The molecule has 1 atom stereocenters. The molecule has 4 nitrogen and oxygen atoms in total. The number of rotatable bonds is 6. The number of imidazole rings is 1. The van der Waals surface area contributed by atoms with E-state index in [0.29, 0.717) is 13.0 Å². The fraction of sp³-hybridized carbons (Fsp3) is 0.364. The monoisotopic (exact) mass is 381 g/mol. The summed E-state index contributed by atoms with van der Waals surface area (Å²) in [6.07, 6.45) is 2.70. The van der Waals surface area contributed by atoms with E-state index >= 15 is 0 Å². The van der Waals surface area contributed by atoms with E-state index in [1.165, 1.54) is 0 Å². The number of unbranched alkanes of at least 4 members (excludes halogenated alkanes) is 1. The van der Waals surface area contributed by atoms with Gasteiger partial charge in [0.05, 0.1) is 11.0 Å². The zero-order valence-electron chi connectivity index (χ0n) is 15.6. The SMILES string of the molecule is CCCCN1C[C@@H](c2nc3ccccc3n2Cc2cccc(Cl)c2)CC1=O. The van der Waals surface area contributed by atoms with Crippen molar-refractivity contribution in [2.24, 2.45) is 0 Å². The molecular weight excluding hydrogens is 358 g/mol. The third-order valence-electron chi connectivity index (χ3n) is 5.28. The van der Waals surface area contributed by atoms with Crippen molar-refractivity contribution in [2.75, 3.05) is 13.1 Å². The van der Waals surface area contributed by atoms with Crippen molar-refractivity contribution in [3.8, 4) is 0 Å². The predicted molar refractivity (Wildman–Crippen MR) is 109 cm³/mol. The predicted octanol–water partition coefficient (Wildman–Crippen LogP) is 4.85. The summed E-state index contributed by atoms with van der Waals surface area (Å²) in [6, 6.07) is 16.1. The summed E-state index contributed by atoms with van der Waals surface area (Å²) in [5, 5.41) is 0.736. The van der Waals surface area contributed by atoms with Crippen LogP contribution in [0.2, 0.25) is 5.02 Å². The zero-order valence-corrected chi connectivity index (χ0v) is 16.3. The van der Waals surface area contributed by atoms with E-state index in [4.69, 9.17) is 16.6 Å². The molecule has 1 aliphatic heterocycles. The molecule has 0 bridgehead atoms. The molecular formula is C22H24ClN3O. The molecule has 1 fully saturated rings. The summed E-state index contributed by atoms with van der Waals surface area (Å²) in [7, 11) is 0. The molecule has 2 aromatic carbocycles. The van der Waals surface area contributed by atoms with Gasteiger partial charge in [-0.1, -0.05) is 49.2 Å². The summed E-state index contributed by atoms with van der Waals surface area (Å²) < 4.78 is 2.25. The van der Waals surface area contributed by atoms with Crippen molar-refractivity contribution in [3.63, 3.8) is 0 Å². The Labute approximate surface area is 164 Å². The van der Waals surface area contributed by atoms with Crippen LogP contribution in [-0.2, 0) is 11.3 Å². The highest BCUT2D eigenvalue weighted by molar-refractivity contribution is 6.30. The molecule has 4 rings (SSSR count). The van der Waals surface area contributed by atoms with Crippen LogP contribution in [-0.4, -0.2) is 33.4 Å². The Morgan fingerprint density at radius 2 is 2.04 bits per heavy atom. The zero-order chi connectivity index (χ0) is 18.8. The Balaban J connectivity index is 1.69. The van der Waals surface area contributed by atoms with Crippen LogP contribution in [0.3, 0.4) is 0 Å². The van der Waals surface area contributed by atoms with Gasteiger partial charge in [0.25, 0.3) is 0 Å². The highest BCUT2D eigenvalue weighted by Crippen LogP contribution is 2.31. The molecule has 0 radical (unpaired) electrons. The Bertz CT molecular complexity index is 965. The lowest BCUT2D eigenvalue weighted by Crippen LogP contribution is -2.26. The molecule has 1 saturated heterocycles. The molecule has 1 aliphatic rings. The summed E-state index contributed by atoms with van der Waals surface area (Å²) >= 11 is 6.18. The van der Waals surface area contributed by atoms with Gasteiger partial charge in [-0.15, -0.1) is 0 Å². The van der Waals surface area contributed by atoms with Crippen LogP contribution < -0.4 is 0 Å². The summed E-state index contributed by atoms with van der Waals surface area (Å²) in [5.41, 5.74) is 3.22. The lowest BCUT2D eigenvalue weighted by Gasteiger charge is -2.17. The molecule has 0 saturated carbocycles. The standard InChI is InChI=1S/C22H24ClN3O/c1-2-3-11-25-15-17(13-21(25)27)22-24-19-9-4-5-10-20(19)26(22)14-16-7-6-8-18(23)12-16/h4-10,12,17H,2-3,11,13-15H2,1H3/t17-/m0/s1. The number of amides is 1. The average Bonchev–Trinajstić information content (AvgIpc) is 3.21. The maximum absolute atomic E-state index is 12.5. The van der Waals surface area contributed by atoms with Crippen LogP contribution in [0.5, 0.6) is 0 Å². The maximum Gasteiger partial charge on any atom is 0.223 e. The largest absolute Gasteiger partial charge is 0.342 e. The first-order chi connectivity index (χ1) is 13.2. The molecule has 0 spiro atoms. The van der Waals surface area contributed by atoms with Crippen molar-refractivity contribution < 1.29 is 4.79 Å². The third-order valence-corrected chi connectivity index (χ3v) is 5.51. The van der Waals surface area contributed by atoms with Gasteiger partial charge in [0.1, 0.15) is 5.82 Å². The van der Waals surface area contributed by atoms with E-state index in [9.17, 15) is 4.79 Å². The van der Waals surface area contributed by atoms with Gasteiger partial charge in [-0.25, -0.2) is 4.98 Å². The second kappa shape index (κ2) is 7.73. The van der Waals surface area contributed by atoms with Gasteiger partial charge in [-0.2, -0.15) is 0 Å². The Kier molecular flexibility index (Phi) is 5.17. The molecule has 3 aromatic rings. The van der Waals surface area contributed by atoms with Gasteiger partial charge in [0.2, 0.25) is 5.91 Å². The normalized spacial score (nSPS) is 17.2. The quantitative estimate of drug-likeness (QED) is 0.611. The fourth-order valence-corrected chi connectivity index (χ4v) is 4.11. The van der Waals surface area contributed by atoms with Gasteiger partial charge < -0.3 is 9.47 Å². The first-order valence-electron chi connectivity index (χ1n) is 9.63. The van der Waals surface area contributed by atoms with Crippen molar-refractivity contribution in [1.29, 1.82) is 0 Å². The highest BCUT2D eigenvalue weighted by atomic mass is 35.5. The minimum Gasteiger partial charge on any atom is -0.342 e. The number of fused-ring (bicyclic) bond motifs is 1. The topological polar surface area (TPSA) is 38.1 Å². The lowest BCUT2D eigenvalue weighted by molar-refractivity contribution is -0.127. The van der Waals surface area contributed by atoms with Gasteiger partial charge in [-0.3, -0.25) is 4.79 Å². The summed E-state index contributed by atoms with van der Waals surface area (Å²) in [4.78, 5) is 19.4. The average molecular weight is 382 g/mol. The molecule has 5 heteroatoms. The van der Waals surface area contributed by atoms with Gasteiger partial charge >= 0.3 is 0 Å². The van der Waals surface area contributed by atoms with E-state index in [1.807, 2.05) is 41.3 Å². The number of nitrogens with zero attached hydrogens (tertiary/aromatic N) is 3. The van der Waals surface area contributed by atoms with Gasteiger partial charge in [0.15, 0.2) is 0 Å². The molecule has 2 heterocycles. The summed E-state index contributed by atoms with van der Waals surface area (Å²) in [6.45, 7) is 4.47. The Hall–Kier alpha value is -2.33. The molecule has 27 heavy (non-hydrogen) atoms. The molecule has 0 N–H and O–H groups in total. The van der Waals surface area contributed by atoms with Crippen molar-refractivity contribution in [2.45, 2.75) is 38.6 Å². The third kappa shape index (κ3) is 3.72. The van der Waals surface area contributed by atoms with Crippen LogP contribution in [0.4, 0.5) is 0 Å². The van der Waals surface area contributed by atoms with Crippen molar-refractivity contribution >= 4 is 28.5 Å². The number of aromatic nitrogens is 2. The van der Waals surface area contributed by atoms with Gasteiger partial charge in [-0.05, 0) is 36.2 Å². The smallest absolute Gasteiger partial charge is 0.223 e. The molecule has 1 amide bonds. The van der Waals surface area contributed by atoms with Crippen LogP contribution in [0, 0.1) is 0 Å². The van der Waals surface area contributed by atoms with Crippen LogP contribution >= 0.6 is 11.6 Å². The van der Waals surface area contributed by atoms with E-state index < -0.39 is 0 Å². The molecule has 0 aliphatic carbocycles. The van der Waals surface area contributed by atoms with E-state index in [2.05, 4.69) is 23.6 Å². The minimum absolute atomic E-state index is 0.140. The second-order valence-corrected chi connectivity index (χ2v) is 7.71. The molecule has 140 valence electrons. The number of benzene rings is 2. The summed E-state index contributed by atoms with van der Waals surface area (Å²) in [5.74, 6) is 1.39. The van der Waals surface area contributed by atoms with E-state index in [1.54, 1.807) is 0 Å². The Morgan fingerprint density at radius 3 is 2.85 bits per heavy atom. The Morgan fingerprint density at radius 1 is 1.19 bits per heavy atom. The van der Waals surface area contributed by atoms with Crippen LogP contribution in [0.15, 0.2) is 48.5 Å². The number of carbonyl (C=O) groups excluding carboxylic acids is 1. The van der Waals surface area contributed by atoms with E-state index in [-0.39, 0.29) is 11.8 Å². The number of hydrogen-bond acceptors (Lipinski definition) is 2. The second-order valence-electron chi connectivity index (χ2n) is 7.27. The van der Waals surface area contributed by atoms with Gasteiger partial charge in [0, 0.05) is 37.0 Å². The molecule has 0 unspecified atom stereocenters. The molecule has 1 aromatic heterocycles. The van der Waals surface area contributed by atoms with E-state index in [0.717, 1.165) is 53.4 Å². The number of hydrogen-bond donors (Lipinski definition) is 0. The highest BCUT2D eigenvalue weighted by Gasteiger charge is 2.33. The van der Waals surface area contributed by atoms with Crippen molar-refractivity contribution in [1.82, 2.24) is 14.5 Å². The fourth-order valence-electron chi connectivity index (χ4n) is 3.90. The minimum atomic E-state index is 0.140. The lowest BCUT2D eigenvalue weighted by atomic mass is 10.1. The van der Waals surface area contributed by atoms with Crippen LogP contribution in [0.1, 0.15) is 43.5 Å². The van der Waals surface area contributed by atoms with Crippen molar-refractivity contribution in [3.05, 3.63) is 64.9 Å². The first kappa shape index (κ1) is 18.1. The first-order valence-corrected chi connectivity index (χ1v) is 10.0. The number of para-hydroxylation sites is 2. The number of likely N-dealkylation sites (tertiary alicyclic amines) is 1. The number of halogens is 1. The number of carbonyl (C=O) groups is 1. The van der Waals surface area contributed by atoms with Crippen LogP contribution in [0.25, 0.3) is 11.0 Å². The maximum atomic E-state index is 12.5.